The Morgan fingerprint density at radius 1 is 1.04 bits per heavy atom. The number of carbonyl (C=O) groups is 3. The van der Waals surface area contributed by atoms with Gasteiger partial charge in [-0.2, -0.15) is 0 Å². The van der Waals surface area contributed by atoms with Crippen molar-refractivity contribution in [3.05, 3.63) is 60.2 Å². The third kappa shape index (κ3) is 6.08. The minimum absolute atomic E-state index is 0.0453. The van der Waals surface area contributed by atoms with Crippen molar-refractivity contribution in [1.82, 2.24) is 0 Å². The lowest BCUT2D eigenvalue weighted by Crippen LogP contribution is -2.30. The van der Waals surface area contributed by atoms with Gasteiger partial charge in [0.25, 0.3) is 5.91 Å². The molecule has 25 heavy (non-hydrogen) atoms. The zero-order valence-electron chi connectivity index (χ0n) is 14.0. The Morgan fingerprint density at radius 2 is 1.68 bits per heavy atom. The van der Waals surface area contributed by atoms with Gasteiger partial charge < -0.3 is 10.1 Å². The van der Waals surface area contributed by atoms with Gasteiger partial charge in [0.15, 0.2) is 11.9 Å². The molecule has 0 fully saturated rings. The van der Waals surface area contributed by atoms with E-state index in [-0.39, 0.29) is 11.5 Å². The molecule has 0 saturated heterocycles. The SMILES string of the molecule is CC(=O)c1ccc(NC(=O)[C@@H](C)OC(=O)CSc2ccccc2)cc1. The second kappa shape index (κ2) is 9.03. The topological polar surface area (TPSA) is 72.5 Å². The molecule has 1 N–H and O–H groups in total. The highest BCUT2D eigenvalue weighted by Crippen LogP contribution is 2.17. The van der Waals surface area contributed by atoms with Crippen LogP contribution in [0, 0.1) is 0 Å². The molecule has 0 aliphatic rings. The van der Waals surface area contributed by atoms with E-state index in [0.717, 1.165) is 4.90 Å². The maximum Gasteiger partial charge on any atom is 0.317 e. The zero-order chi connectivity index (χ0) is 18.2. The molecule has 0 radical (unpaired) electrons. The van der Waals surface area contributed by atoms with Crippen LogP contribution in [0.15, 0.2) is 59.5 Å². The van der Waals surface area contributed by atoms with Gasteiger partial charge in [-0.25, -0.2) is 0 Å². The van der Waals surface area contributed by atoms with Gasteiger partial charge in [-0.1, -0.05) is 18.2 Å². The van der Waals surface area contributed by atoms with E-state index < -0.39 is 18.0 Å². The summed E-state index contributed by atoms with van der Waals surface area (Å²) in [6.07, 6.45) is -0.906. The van der Waals surface area contributed by atoms with E-state index >= 15 is 0 Å². The van der Waals surface area contributed by atoms with Crippen LogP contribution in [0.25, 0.3) is 0 Å². The number of hydrogen-bond acceptors (Lipinski definition) is 5. The van der Waals surface area contributed by atoms with Gasteiger partial charge in [-0.3, -0.25) is 14.4 Å². The molecule has 1 atom stereocenters. The van der Waals surface area contributed by atoms with Crippen molar-refractivity contribution in [3.8, 4) is 0 Å². The van der Waals surface area contributed by atoms with Gasteiger partial charge in [0.2, 0.25) is 0 Å². The quantitative estimate of drug-likeness (QED) is 0.466. The van der Waals surface area contributed by atoms with E-state index in [1.54, 1.807) is 24.3 Å². The summed E-state index contributed by atoms with van der Waals surface area (Å²) in [6, 6.07) is 16.0. The molecule has 6 heteroatoms. The van der Waals surface area contributed by atoms with Crippen molar-refractivity contribution in [2.24, 2.45) is 0 Å². The van der Waals surface area contributed by atoms with E-state index in [2.05, 4.69) is 5.32 Å². The number of benzene rings is 2. The molecule has 0 aliphatic carbocycles. The number of hydrogen-bond donors (Lipinski definition) is 1. The zero-order valence-corrected chi connectivity index (χ0v) is 14.8. The molecular weight excluding hydrogens is 338 g/mol. The Kier molecular flexibility index (Phi) is 6.77. The number of anilines is 1. The molecule has 5 nitrogen and oxygen atoms in total. The molecule has 0 bridgehead atoms. The van der Waals surface area contributed by atoms with E-state index in [9.17, 15) is 14.4 Å². The fourth-order valence-corrected chi connectivity index (χ4v) is 2.68. The molecule has 0 spiro atoms. The number of esters is 1. The van der Waals surface area contributed by atoms with Crippen molar-refractivity contribution < 1.29 is 19.1 Å². The standard InChI is InChI=1S/C19H19NO4S/c1-13(21)15-8-10-16(11-9-15)20-19(23)14(2)24-18(22)12-25-17-6-4-3-5-7-17/h3-11,14H,12H2,1-2H3,(H,20,23)/t14-/m1/s1. The summed E-state index contributed by atoms with van der Waals surface area (Å²) in [7, 11) is 0. The average Bonchev–Trinajstić information content (AvgIpc) is 2.61. The van der Waals surface area contributed by atoms with E-state index in [1.165, 1.54) is 25.6 Å². The van der Waals surface area contributed by atoms with E-state index in [0.29, 0.717) is 11.3 Å². The Balaban J connectivity index is 1.81. The lowest BCUT2D eigenvalue weighted by atomic mass is 10.1. The van der Waals surface area contributed by atoms with E-state index in [4.69, 9.17) is 4.74 Å². The normalized spacial score (nSPS) is 11.4. The summed E-state index contributed by atoms with van der Waals surface area (Å²) < 4.78 is 5.14. The molecule has 0 saturated carbocycles. The fourth-order valence-electron chi connectivity index (χ4n) is 1.98. The number of Topliss-reactive ketones (excluding diaryl/α,β-unsaturated/α-hetero) is 1. The number of amides is 1. The highest BCUT2D eigenvalue weighted by Gasteiger charge is 2.18. The summed E-state index contributed by atoms with van der Waals surface area (Å²) >= 11 is 1.35. The molecule has 0 heterocycles. The molecular formula is C19H19NO4S. The van der Waals surface area contributed by atoms with Crippen LogP contribution < -0.4 is 5.32 Å². The van der Waals surface area contributed by atoms with Gasteiger partial charge in [0, 0.05) is 16.1 Å². The van der Waals surface area contributed by atoms with Crippen LogP contribution in [0.5, 0.6) is 0 Å². The first-order chi connectivity index (χ1) is 12.0. The first-order valence-corrected chi connectivity index (χ1v) is 8.73. The van der Waals surface area contributed by atoms with Gasteiger partial charge in [-0.05, 0) is 50.2 Å². The Labute approximate surface area is 150 Å². The summed E-state index contributed by atoms with van der Waals surface area (Å²) in [6.45, 7) is 2.99. The minimum atomic E-state index is -0.906. The first-order valence-electron chi connectivity index (χ1n) is 7.75. The minimum Gasteiger partial charge on any atom is -0.452 e. The van der Waals surface area contributed by atoms with Crippen molar-refractivity contribution >= 4 is 35.1 Å². The molecule has 0 aromatic heterocycles. The van der Waals surface area contributed by atoms with Crippen LogP contribution >= 0.6 is 11.8 Å². The lowest BCUT2D eigenvalue weighted by molar-refractivity contribution is -0.150. The molecule has 2 rings (SSSR count). The second-order valence-corrected chi connectivity index (χ2v) is 6.41. The molecule has 1 amide bonds. The van der Waals surface area contributed by atoms with E-state index in [1.807, 2.05) is 30.3 Å². The van der Waals surface area contributed by atoms with Gasteiger partial charge in [0.1, 0.15) is 0 Å². The molecule has 130 valence electrons. The summed E-state index contributed by atoms with van der Waals surface area (Å²) in [4.78, 5) is 36.1. The van der Waals surface area contributed by atoms with Crippen molar-refractivity contribution in [2.75, 3.05) is 11.1 Å². The maximum atomic E-state index is 12.1. The van der Waals surface area contributed by atoms with Gasteiger partial charge in [0.05, 0.1) is 5.75 Å². The molecule has 0 aliphatic heterocycles. The Hall–Kier alpha value is -2.60. The summed E-state index contributed by atoms with van der Waals surface area (Å²) in [5.41, 5.74) is 1.10. The number of rotatable bonds is 7. The second-order valence-electron chi connectivity index (χ2n) is 5.36. The third-order valence-corrected chi connectivity index (χ3v) is 4.32. The van der Waals surface area contributed by atoms with Crippen LogP contribution in [-0.2, 0) is 14.3 Å². The van der Waals surface area contributed by atoms with Crippen LogP contribution in [-0.4, -0.2) is 29.5 Å². The van der Waals surface area contributed by atoms with Gasteiger partial charge in [-0.15, -0.1) is 11.8 Å². The molecule has 2 aromatic rings. The van der Waals surface area contributed by atoms with Crippen LogP contribution in [0.4, 0.5) is 5.69 Å². The fraction of sp³-hybridized carbons (Fsp3) is 0.211. The summed E-state index contributed by atoms with van der Waals surface area (Å²) in [5, 5.41) is 2.65. The smallest absolute Gasteiger partial charge is 0.317 e. The lowest BCUT2D eigenvalue weighted by Gasteiger charge is -2.13. The number of nitrogens with one attached hydrogen (secondary N) is 1. The highest BCUT2D eigenvalue weighted by atomic mass is 32.2. The van der Waals surface area contributed by atoms with Crippen LogP contribution in [0.1, 0.15) is 24.2 Å². The first kappa shape index (κ1) is 18.7. The summed E-state index contributed by atoms with van der Waals surface area (Å²) in [5.74, 6) is -0.789. The number of carbonyl (C=O) groups excluding carboxylic acids is 3. The van der Waals surface area contributed by atoms with Gasteiger partial charge >= 0.3 is 5.97 Å². The highest BCUT2D eigenvalue weighted by molar-refractivity contribution is 8.00. The number of thioether (sulfide) groups is 1. The van der Waals surface area contributed by atoms with Crippen molar-refractivity contribution in [3.63, 3.8) is 0 Å². The van der Waals surface area contributed by atoms with Crippen molar-refractivity contribution in [1.29, 1.82) is 0 Å². The molecule has 0 unspecified atom stereocenters. The largest absolute Gasteiger partial charge is 0.452 e. The Morgan fingerprint density at radius 3 is 2.28 bits per heavy atom. The number of ether oxygens (including phenoxy) is 1. The predicted molar refractivity (Wildman–Crippen MR) is 97.8 cm³/mol. The predicted octanol–water partition coefficient (Wildman–Crippen LogP) is 3.55. The monoisotopic (exact) mass is 357 g/mol. The van der Waals surface area contributed by atoms with Crippen molar-refractivity contribution in [2.45, 2.75) is 24.8 Å². The van der Waals surface area contributed by atoms with Crippen LogP contribution in [0.2, 0.25) is 0 Å². The Bertz CT molecular complexity index is 744. The average molecular weight is 357 g/mol. The maximum absolute atomic E-state index is 12.1. The number of ketones is 1. The molecule has 2 aromatic carbocycles. The third-order valence-electron chi connectivity index (χ3n) is 3.34. The van der Waals surface area contributed by atoms with Crippen LogP contribution in [0.3, 0.4) is 0 Å².